The van der Waals surface area contributed by atoms with Gasteiger partial charge in [0.1, 0.15) is 17.2 Å². The molecule has 180 valence electrons. The van der Waals surface area contributed by atoms with E-state index in [9.17, 15) is 4.79 Å². The molecule has 4 heterocycles. The number of carbonyl (C=O) groups is 1. The third-order valence-corrected chi connectivity index (χ3v) is 8.16. The smallest absolute Gasteiger partial charge is 0.232 e. The summed E-state index contributed by atoms with van der Waals surface area (Å²) in [5.74, 6) is 2.83. The fraction of sp³-hybridized carbons (Fsp3) is 0.367. The molecular weight excluding hydrogens is 436 g/mol. The van der Waals surface area contributed by atoms with Crippen molar-refractivity contribution >= 4 is 5.91 Å². The number of piperidine rings is 3. The van der Waals surface area contributed by atoms with Gasteiger partial charge in [0.2, 0.25) is 5.91 Å². The molecule has 0 aliphatic carbocycles. The predicted octanol–water partition coefficient (Wildman–Crippen LogP) is 5.12. The topological polar surface area (TPSA) is 47.6 Å². The zero-order valence-electron chi connectivity index (χ0n) is 20.1. The Morgan fingerprint density at radius 1 is 0.886 bits per heavy atom. The number of carbonyl (C=O) groups excluding carboxylic acids is 1. The van der Waals surface area contributed by atoms with Crippen LogP contribution in [0.2, 0.25) is 0 Å². The monoisotopic (exact) mass is 469 g/mol. The first-order chi connectivity index (χ1) is 17.2. The second kappa shape index (κ2) is 9.38. The summed E-state index contributed by atoms with van der Waals surface area (Å²) in [7, 11) is 0. The Hall–Kier alpha value is -3.31. The number of quaternary nitrogens is 1. The lowest BCUT2D eigenvalue weighted by Crippen LogP contribution is -2.67. The number of hydrogen-bond acceptors (Lipinski definition) is 3. The number of ether oxygens (including phenoxy) is 2. The van der Waals surface area contributed by atoms with Crippen molar-refractivity contribution < 1.29 is 18.8 Å². The largest absolute Gasteiger partial charge is 0.493 e. The molecule has 3 fully saturated rings. The molecule has 1 atom stereocenters. The van der Waals surface area contributed by atoms with Crippen LogP contribution in [0.15, 0.2) is 78.9 Å². The van der Waals surface area contributed by atoms with Gasteiger partial charge in [-0.15, -0.1) is 0 Å². The minimum Gasteiger partial charge on any atom is -0.493 e. The number of para-hydroxylation sites is 3. The van der Waals surface area contributed by atoms with Gasteiger partial charge in [-0.2, -0.15) is 0 Å². The summed E-state index contributed by atoms with van der Waals surface area (Å²) in [5, 5.41) is 3.50. The minimum atomic E-state index is -0.334. The Balaban J connectivity index is 1.14. The molecule has 3 aromatic rings. The molecule has 5 heteroatoms. The molecule has 3 aromatic carbocycles. The second-order valence-electron chi connectivity index (χ2n) is 10.3. The number of nitrogens with one attached hydrogen (secondary N) is 1. The molecule has 0 aromatic heterocycles. The van der Waals surface area contributed by atoms with E-state index in [1.165, 1.54) is 25.9 Å². The SMILES string of the molecule is O=C(NC1C[N+]2(CCCOc3ccccc3)CCC1CC2)C1c2ccccc2Oc2ccccc21. The number of rotatable bonds is 7. The van der Waals surface area contributed by atoms with Gasteiger partial charge >= 0.3 is 0 Å². The Bertz CT molecular complexity index is 1140. The highest BCUT2D eigenvalue weighted by Crippen LogP contribution is 2.44. The van der Waals surface area contributed by atoms with Crippen molar-refractivity contribution in [2.24, 2.45) is 5.92 Å². The van der Waals surface area contributed by atoms with Gasteiger partial charge in [0.05, 0.1) is 44.7 Å². The molecule has 1 unspecified atom stereocenters. The van der Waals surface area contributed by atoms with Crippen molar-refractivity contribution in [1.82, 2.24) is 5.32 Å². The Kier molecular flexibility index (Phi) is 5.95. The fourth-order valence-corrected chi connectivity index (χ4v) is 6.33. The van der Waals surface area contributed by atoms with Gasteiger partial charge in [0.15, 0.2) is 0 Å². The van der Waals surface area contributed by atoms with Gasteiger partial charge < -0.3 is 19.3 Å². The standard InChI is InChI=1S/C30H32N2O3/c33-30(29-24-11-4-6-13-27(24)35-28-14-7-5-12-25(28)29)31-26-21-32(18-15-22(26)16-19-32)17-8-20-34-23-9-2-1-3-10-23/h1-7,9-14,22,26,29H,8,15-21H2/p+1. The van der Waals surface area contributed by atoms with Crippen molar-refractivity contribution in [1.29, 1.82) is 0 Å². The quantitative estimate of drug-likeness (QED) is 0.386. The number of nitrogens with zero attached hydrogens (tertiary/aromatic N) is 1. The molecule has 5 nitrogen and oxygen atoms in total. The molecule has 1 amide bonds. The highest BCUT2D eigenvalue weighted by atomic mass is 16.5. The van der Waals surface area contributed by atoms with Crippen LogP contribution in [0, 0.1) is 5.92 Å². The van der Waals surface area contributed by atoms with Gasteiger partial charge in [0, 0.05) is 30.4 Å². The van der Waals surface area contributed by atoms with Gasteiger partial charge in [-0.1, -0.05) is 54.6 Å². The molecule has 0 spiro atoms. The number of benzene rings is 3. The summed E-state index contributed by atoms with van der Waals surface area (Å²) in [6.07, 6.45) is 3.40. The molecule has 4 aliphatic heterocycles. The average molecular weight is 470 g/mol. The predicted molar refractivity (Wildman–Crippen MR) is 136 cm³/mol. The third kappa shape index (κ3) is 4.41. The molecule has 4 aliphatic rings. The first-order valence-corrected chi connectivity index (χ1v) is 12.9. The van der Waals surface area contributed by atoms with Gasteiger partial charge in [-0.05, 0) is 30.2 Å². The number of amides is 1. The van der Waals surface area contributed by atoms with E-state index < -0.39 is 0 Å². The van der Waals surface area contributed by atoms with Crippen LogP contribution in [0.5, 0.6) is 17.2 Å². The minimum absolute atomic E-state index is 0.0949. The second-order valence-corrected chi connectivity index (χ2v) is 10.3. The van der Waals surface area contributed by atoms with Crippen LogP contribution in [-0.2, 0) is 4.79 Å². The highest BCUT2D eigenvalue weighted by Gasteiger charge is 2.47. The molecule has 0 radical (unpaired) electrons. The maximum atomic E-state index is 13.8. The molecule has 0 saturated carbocycles. The summed E-state index contributed by atoms with van der Waals surface area (Å²) in [4.78, 5) is 13.8. The number of hydrogen-bond donors (Lipinski definition) is 1. The van der Waals surface area contributed by atoms with E-state index in [1.807, 2.05) is 78.9 Å². The lowest BCUT2D eigenvalue weighted by atomic mass is 9.80. The van der Waals surface area contributed by atoms with Gasteiger partial charge in [0.25, 0.3) is 0 Å². The summed E-state index contributed by atoms with van der Waals surface area (Å²) in [5.41, 5.74) is 1.90. The van der Waals surface area contributed by atoms with Gasteiger partial charge in [-0.3, -0.25) is 4.79 Å². The normalized spacial score (nSPS) is 24.7. The third-order valence-electron chi connectivity index (χ3n) is 8.16. The van der Waals surface area contributed by atoms with E-state index in [4.69, 9.17) is 9.47 Å². The summed E-state index contributed by atoms with van der Waals surface area (Å²) >= 11 is 0. The molecular formula is C30H33N2O3+. The summed E-state index contributed by atoms with van der Waals surface area (Å²) < 4.78 is 13.1. The Morgan fingerprint density at radius 3 is 2.20 bits per heavy atom. The zero-order valence-corrected chi connectivity index (χ0v) is 20.1. The molecule has 35 heavy (non-hydrogen) atoms. The number of fused-ring (bicyclic) bond motifs is 5. The van der Waals surface area contributed by atoms with E-state index in [-0.39, 0.29) is 17.9 Å². The van der Waals surface area contributed by atoms with Crippen molar-refractivity contribution in [2.45, 2.75) is 31.2 Å². The molecule has 3 saturated heterocycles. The van der Waals surface area contributed by atoms with Crippen LogP contribution >= 0.6 is 0 Å². The van der Waals surface area contributed by atoms with Gasteiger partial charge in [-0.25, -0.2) is 0 Å². The van der Waals surface area contributed by atoms with Crippen molar-refractivity contribution in [3.05, 3.63) is 90.0 Å². The highest BCUT2D eigenvalue weighted by molar-refractivity contribution is 5.89. The van der Waals surface area contributed by atoms with Crippen LogP contribution < -0.4 is 14.8 Å². The van der Waals surface area contributed by atoms with E-state index in [1.54, 1.807) is 0 Å². The van der Waals surface area contributed by atoms with E-state index in [0.717, 1.165) is 59.0 Å². The summed E-state index contributed by atoms with van der Waals surface area (Å²) in [6.45, 7) is 5.29. The Labute approximate surface area is 207 Å². The zero-order chi connectivity index (χ0) is 23.7. The van der Waals surface area contributed by atoms with E-state index in [2.05, 4.69) is 5.32 Å². The first kappa shape index (κ1) is 22.2. The van der Waals surface area contributed by atoms with Crippen molar-refractivity contribution in [3.8, 4) is 17.2 Å². The lowest BCUT2D eigenvalue weighted by Gasteiger charge is -2.53. The maximum absolute atomic E-state index is 13.8. The lowest BCUT2D eigenvalue weighted by molar-refractivity contribution is -0.944. The molecule has 2 bridgehead atoms. The molecule has 7 rings (SSSR count). The van der Waals surface area contributed by atoms with Crippen LogP contribution in [0.4, 0.5) is 0 Å². The van der Waals surface area contributed by atoms with Crippen molar-refractivity contribution in [2.75, 3.05) is 32.8 Å². The fourth-order valence-electron chi connectivity index (χ4n) is 6.33. The van der Waals surface area contributed by atoms with Crippen LogP contribution in [0.1, 0.15) is 36.3 Å². The molecule has 1 N–H and O–H groups in total. The summed E-state index contributed by atoms with van der Waals surface area (Å²) in [6, 6.07) is 26.1. The van der Waals surface area contributed by atoms with Crippen LogP contribution in [0.3, 0.4) is 0 Å². The first-order valence-electron chi connectivity index (χ1n) is 12.9. The average Bonchev–Trinajstić information content (AvgIpc) is 2.91. The van der Waals surface area contributed by atoms with E-state index >= 15 is 0 Å². The van der Waals surface area contributed by atoms with Crippen molar-refractivity contribution in [3.63, 3.8) is 0 Å². The van der Waals surface area contributed by atoms with Crippen LogP contribution in [-0.4, -0.2) is 49.2 Å². The Morgan fingerprint density at radius 2 is 1.51 bits per heavy atom. The van der Waals surface area contributed by atoms with Crippen LogP contribution in [0.25, 0.3) is 0 Å². The van der Waals surface area contributed by atoms with E-state index in [0.29, 0.717) is 5.92 Å². The maximum Gasteiger partial charge on any atom is 0.232 e.